The summed E-state index contributed by atoms with van der Waals surface area (Å²) in [6.45, 7) is 0.758. The van der Waals surface area contributed by atoms with Crippen molar-refractivity contribution in [3.8, 4) is 0 Å². The van der Waals surface area contributed by atoms with E-state index in [1.54, 1.807) is 0 Å². The Morgan fingerprint density at radius 3 is 2.95 bits per heavy atom. The maximum Gasteiger partial charge on any atom is 0.113 e. The van der Waals surface area contributed by atoms with Crippen LogP contribution in [0.2, 0.25) is 0 Å². The zero-order valence-electron chi connectivity index (χ0n) is 11.1. The van der Waals surface area contributed by atoms with Crippen LogP contribution in [-0.2, 0) is 6.54 Å². The number of para-hydroxylation sites is 2. The van der Waals surface area contributed by atoms with Crippen LogP contribution in [0.3, 0.4) is 0 Å². The molecule has 1 aromatic heterocycles. The van der Waals surface area contributed by atoms with Crippen molar-refractivity contribution in [2.24, 2.45) is 5.73 Å². The van der Waals surface area contributed by atoms with Crippen LogP contribution in [0.5, 0.6) is 0 Å². The van der Waals surface area contributed by atoms with Gasteiger partial charge in [0.1, 0.15) is 5.82 Å². The monoisotopic (exact) mass is 259 g/mol. The van der Waals surface area contributed by atoms with E-state index >= 15 is 0 Å². The molecule has 1 heterocycles. The molecular weight excluding hydrogens is 238 g/mol. The molecule has 2 atom stereocenters. The molecule has 1 fully saturated rings. The molecule has 19 heavy (non-hydrogen) atoms. The number of hydrogen-bond acceptors (Lipinski definition) is 3. The minimum atomic E-state index is 0.145. The fourth-order valence-electron chi connectivity index (χ4n) is 3.20. The maximum atomic E-state index is 9.30. The summed E-state index contributed by atoms with van der Waals surface area (Å²) in [4.78, 5) is 4.79. The lowest BCUT2D eigenvalue weighted by atomic mass is 9.85. The highest BCUT2D eigenvalue weighted by Crippen LogP contribution is 2.33. The van der Waals surface area contributed by atoms with E-state index in [9.17, 15) is 5.11 Å². The molecule has 3 N–H and O–H groups in total. The van der Waals surface area contributed by atoms with Gasteiger partial charge in [0.15, 0.2) is 0 Å². The van der Waals surface area contributed by atoms with E-state index in [1.165, 1.54) is 6.42 Å². The van der Waals surface area contributed by atoms with Crippen LogP contribution in [0.4, 0.5) is 0 Å². The molecule has 0 saturated heterocycles. The first kappa shape index (κ1) is 12.6. The smallest absolute Gasteiger partial charge is 0.113 e. The van der Waals surface area contributed by atoms with Gasteiger partial charge in [-0.3, -0.25) is 0 Å². The average Bonchev–Trinajstić information content (AvgIpc) is 2.79. The van der Waals surface area contributed by atoms with Crippen molar-refractivity contribution in [2.45, 2.75) is 44.2 Å². The molecule has 0 bridgehead atoms. The number of nitrogens with zero attached hydrogens (tertiary/aromatic N) is 2. The lowest BCUT2D eigenvalue weighted by Crippen LogP contribution is -2.28. The van der Waals surface area contributed by atoms with Crippen molar-refractivity contribution in [2.75, 3.05) is 6.61 Å². The van der Waals surface area contributed by atoms with E-state index in [0.29, 0.717) is 18.5 Å². The zero-order valence-corrected chi connectivity index (χ0v) is 11.1. The number of aromatic nitrogens is 2. The highest BCUT2D eigenvalue weighted by atomic mass is 16.3. The van der Waals surface area contributed by atoms with Crippen LogP contribution in [0.25, 0.3) is 11.0 Å². The van der Waals surface area contributed by atoms with Crippen LogP contribution < -0.4 is 5.73 Å². The fourth-order valence-corrected chi connectivity index (χ4v) is 3.20. The number of nitrogens with two attached hydrogens (primary N) is 1. The van der Waals surface area contributed by atoms with Gasteiger partial charge in [-0.2, -0.15) is 0 Å². The molecule has 2 aromatic rings. The molecule has 102 valence electrons. The quantitative estimate of drug-likeness (QED) is 0.886. The molecule has 1 saturated carbocycles. The van der Waals surface area contributed by atoms with E-state index in [2.05, 4.69) is 10.6 Å². The Hall–Kier alpha value is -1.39. The number of imidazole rings is 1. The van der Waals surface area contributed by atoms with Crippen molar-refractivity contribution in [1.82, 2.24) is 9.55 Å². The Morgan fingerprint density at radius 1 is 1.32 bits per heavy atom. The van der Waals surface area contributed by atoms with Crippen LogP contribution in [0.15, 0.2) is 24.3 Å². The third kappa shape index (κ3) is 2.38. The van der Waals surface area contributed by atoms with E-state index in [1.807, 2.05) is 18.2 Å². The van der Waals surface area contributed by atoms with Crippen molar-refractivity contribution in [1.29, 1.82) is 0 Å². The van der Waals surface area contributed by atoms with E-state index < -0.39 is 0 Å². The molecule has 4 heteroatoms. The van der Waals surface area contributed by atoms with Gasteiger partial charge < -0.3 is 15.4 Å². The second-order valence-electron chi connectivity index (χ2n) is 5.46. The summed E-state index contributed by atoms with van der Waals surface area (Å²) in [5.74, 6) is 1.54. The molecule has 0 radical (unpaired) electrons. The largest absolute Gasteiger partial charge is 0.395 e. The Bertz CT molecular complexity index is 564. The number of rotatable bonds is 3. The van der Waals surface area contributed by atoms with Gasteiger partial charge in [0.25, 0.3) is 0 Å². The lowest BCUT2D eigenvalue weighted by Gasteiger charge is -2.26. The summed E-state index contributed by atoms with van der Waals surface area (Å²) in [6.07, 6.45) is 4.46. The van der Waals surface area contributed by atoms with Crippen LogP contribution >= 0.6 is 0 Å². The standard InChI is InChI=1S/C15H21N3O/c16-12-5-3-4-11(10-12)15-17-13-6-1-2-7-14(13)18(15)8-9-19/h1-2,6-7,11-12,19H,3-5,8-10,16H2. The average molecular weight is 259 g/mol. The minimum Gasteiger partial charge on any atom is -0.395 e. The highest BCUT2D eigenvalue weighted by Gasteiger charge is 2.25. The van der Waals surface area contributed by atoms with Crippen molar-refractivity contribution >= 4 is 11.0 Å². The summed E-state index contributed by atoms with van der Waals surface area (Å²) in [7, 11) is 0. The topological polar surface area (TPSA) is 64.1 Å². The first-order valence-corrected chi connectivity index (χ1v) is 7.11. The van der Waals surface area contributed by atoms with E-state index in [0.717, 1.165) is 36.1 Å². The third-order valence-electron chi connectivity index (χ3n) is 4.09. The second kappa shape index (κ2) is 5.31. The van der Waals surface area contributed by atoms with Gasteiger partial charge in [0, 0.05) is 18.5 Å². The van der Waals surface area contributed by atoms with Gasteiger partial charge in [-0.25, -0.2) is 4.98 Å². The predicted molar refractivity (Wildman–Crippen MR) is 76.0 cm³/mol. The summed E-state index contributed by atoms with van der Waals surface area (Å²) < 4.78 is 2.16. The van der Waals surface area contributed by atoms with Crippen LogP contribution in [0, 0.1) is 0 Å². The molecule has 0 aliphatic heterocycles. The Morgan fingerprint density at radius 2 is 2.16 bits per heavy atom. The maximum absolute atomic E-state index is 9.30. The summed E-state index contributed by atoms with van der Waals surface area (Å²) in [6, 6.07) is 8.43. The molecule has 0 amide bonds. The third-order valence-corrected chi connectivity index (χ3v) is 4.09. The molecule has 4 nitrogen and oxygen atoms in total. The number of benzene rings is 1. The molecule has 3 rings (SSSR count). The molecule has 1 aliphatic rings. The van der Waals surface area contributed by atoms with Gasteiger partial charge in [-0.1, -0.05) is 18.6 Å². The van der Waals surface area contributed by atoms with Gasteiger partial charge >= 0.3 is 0 Å². The highest BCUT2D eigenvalue weighted by molar-refractivity contribution is 5.76. The predicted octanol–water partition coefficient (Wildman–Crippen LogP) is 2.01. The fraction of sp³-hybridized carbons (Fsp3) is 0.533. The van der Waals surface area contributed by atoms with Gasteiger partial charge in [-0.05, 0) is 31.4 Å². The SMILES string of the molecule is NC1CCCC(c2nc3ccccc3n2CCO)C1. The molecular formula is C15H21N3O. The summed E-state index contributed by atoms with van der Waals surface area (Å²) in [5, 5.41) is 9.30. The normalized spacial score (nSPS) is 23.9. The summed E-state index contributed by atoms with van der Waals surface area (Å²) >= 11 is 0. The Kier molecular flexibility index (Phi) is 3.53. The number of aliphatic hydroxyl groups excluding tert-OH is 1. The number of hydrogen-bond donors (Lipinski definition) is 2. The van der Waals surface area contributed by atoms with Gasteiger partial charge in [-0.15, -0.1) is 0 Å². The number of fused-ring (bicyclic) bond motifs is 1. The van der Waals surface area contributed by atoms with Gasteiger partial charge in [0.05, 0.1) is 17.6 Å². The van der Waals surface area contributed by atoms with Crippen molar-refractivity contribution < 1.29 is 5.11 Å². The lowest BCUT2D eigenvalue weighted by molar-refractivity contribution is 0.272. The van der Waals surface area contributed by atoms with E-state index in [-0.39, 0.29) is 6.61 Å². The Labute approximate surface area is 113 Å². The Balaban J connectivity index is 2.03. The number of aliphatic hydroxyl groups is 1. The molecule has 2 unspecified atom stereocenters. The van der Waals surface area contributed by atoms with Crippen molar-refractivity contribution in [3.05, 3.63) is 30.1 Å². The molecule has 1 aliphatic carbocycles. The van der Waals surface area contributed by atoms with Crippen LogP contribution in [-0.4, -0.2) is 27.3 Å². The van der Waals surface area contributed by atoms with Crippen LogP contribution in [0.1, 0.15) is 37.4 Å². The van der Waals surface area contributed by atoms with Crippen molar-refractivity contribution in [3.63, 3.8) is 0 Å². The van der Waals surface area contributed by atoms with Gasteiger partial charge in [0.2, 0.25) is 0 Å². The molecule has 0 spiro atoms. The summed E-state index contributed by atoms with van der Waals surface area (Å²) in [5.41, 5.74) is 8.23. The van der Waals surface area contributed by atoms with E-state index in [4.69, 9.17) is 10.7 Å². The first-order valence-electron chi connectivity index (χ1n) is 7.11. The second-order valence-corrected chi connectivity index (χ2v) is 5.46. The first-order chi connectivity index (χ1) is 9.29. The zero-order chi connectivity index (χ0) is 13.2. The minimum absolute atomic E-state index is 0.145. The molecule has 1 aromatic carbocycles.